The van der Waals surface area contributed by atoms with Crippen molar-refractivity contribution in [3.8, 4) is 0 Å². The van der Waals surface area contributed by atoms with Gasteiger partial charge >= 0.3 is 0 Å². The van der Waals surface area contributed by atoms with Crippen LogP contribution in [-0.4, -0.2) is 49.3 Å². The lowest BCUT2D eigenvalue weighted by Gasteiger charge is -2.27. The number of morpholine rings is 1. The van der Waals surface area contributed by atoms with Crippen LogP contribution in [0.25, 0.3) is 10.9 Å². The van der Waals surface area contributed by atoms with Crippen molar-refractivity contribution in [2.75, 3.05) is 33.3 Å². The normalized spacial score (nSPS) is 19.9. The molecule has 0 spiro atoms. The Kier molecular flexibility index (Phi) is 4.27. The second kappa shape index (κ2) is 6.14. The van der Waals surface area contributed by atoms with Gasteiger partial charge in [0.2, 0.25) is 0 Å². The molecule has 20 heavy (non-hydrogen) atoms. The minimum atomic E-state index is 0.286. The Morgan fingerprint density at radius 2 is 2.35 bits per heavy atom. The van der Waals surface area contributed by atoms with Crippen LogP contribution in [0.4, 0.5) is 0 Å². The van der Waals surface area contributed by atoms with Gasteiger partial charge < -0.3 is 15.0 Å². The van der Waals surface area contributed by atoms with Gasteiger partial charge in [0.05, 0.1) is 12.7 Å². The van der Waals surface area contributed by atoms with Gasteiger partial charge in [-0.3, -0.25) is 4.90 Å². The van der Waals surface area contributed by atoms with E-state index in [4.69, 9.17) is 16.3 Å². The van der Waals surface area contributed by atoms with Crippen molar-refractivity contribution in [3.05, 3.63) is 35.0 Å². The molecule has 2 aromatic rings. The molecule has 3 rings (SSSR count). The molecule has 2 heterocycles. The van der Waals surface area contributed by atoms with Crippen LogP contribution < -0.4 is 5.32 Å². The summed E-state index contributed by atoms with van der Waals surface area (Å²) in [6, 6.07) is 5.99. The van der Waals surface area contributed by atoms with Crippen LogP contribution in [0.15, 0.2) is 24.4 Å². The second-order valence-corrected chi connectivity index (χ2v) is 5.83. The van der Waals surface area contributed by atoms with Crippen molar-refractivity contribution in [1.29, 1.82) is 0 Å². The molecule has 5 heteroatoms. The molecule has 0 radical (unpaired) electrons. The highest BCUT2D eigenvalue weighted by molar-refractivity contribution is 6.31. The summed E-state index contributed by atoms with van der Waals surface area (Å²) in [5.41, 5.74) is 2.39. The zero-order valence-corrected chi connectivity index (χ0v) is 12.4. The number of benzene rings is 1. The van der Waals surface area contributed by atoms with Crippen LogP contribution in [0.3, 0.4) is 0 Å². The van der Waals surface area contributed by atoms with E-state index in [-0.39, 0.29) is 6.10 Å². The zero-order chi connectivity index (χ0) is 13.9. The predicted octanol–water partition coefficient (Wildman–Crippen LogP) is 2.24. The summed E-state index contributed by atoms with van der Waals surface area (Å²) in [7, 11) is 2.13. The maximum atomic E-state index is 6.01. The van der Waals surface area contributed by atoms with Crippen LogP contribution >= 0.6 is 11.6 Å². The van der Waals surface area contributed by atoms with Crippen molar-refractivity contribution in [1.82, 2.24) is 15.2 Å². The molecule has 1 fully saturated rings. The summed E-state index contributed by atoms with van der Waals surface area (Å²) in [5, 5.41) is 5.37. The molecule has 1 aliphatic rings. The molecular weight excluding hydrogens is 274 g/mol. The third kappa shape index (κ3) is 3.15. The van der Waals surface area contributed by atoms with Crippen molar-refractivity contribution in [2.45, 2.75) is 12.6 Å². The van der Waals surface area contributed by atoms with Gasteiger partial charge in [0.15, 0.2) is 0 Å². The van der Waals surface area contributed by atoms with Gasteiger partial charge in [-0.05, 0) is 24.7 Å². The molecule has 2 N–H and O–H groups in total. The van der Waals surface area contributed by atoms with Gasteiger partial charge in [-0.15, -0.1) is 0 Å². The zero-order valence-electron chi connectivity index (χ0n) is 11.7. The Labute approximate surface area is 124 Å². The summed E-state index contributed by atoms with van der Waals surface area (Å²) in [6.07, 6.45) is 2.35. The first-order chi connectivity index (χ1) is 9.72. The molecule has 0 amide bonds. The molecular formula is C15H20ClN3O. The Balaban J connectivity index is 1.66. The number of halogens is 1. The first kappa shape index (κ1) is 13.9. The number of rotatable bonds is 4. The molecule has 0 bridgehead atoms. The number of nitrogens with one attached hydrogen (secondary N) is 2. The highest BCUT2D eigenvalue weighted by Gasteiger charge is 2.16. The number of likely N-dealkylation sites (N-methyl/N-ethyl adjacent to an activating group) is 1. The lowest BCUT2D eigenvalue weighted by Crippen LogP contribution is -2.44. The molecule has 4 nitrogen and oxygen atoms in total. The first-order valence-electron chi connectivity index (χ1n) is 6.99. The van der Waals surface area contributed by atoms with Crippen LogP contribution in [-0.2, 0) is 11.3 Å². The number of ether oxygens (including phenoxy) is 1. The van der Waals surface area contributed by atoms with E-state index >= 15 is 0 Å². The van der Waals surface area contributed by atoms with E-state index in [2.05, 4.69) is 34.5 Å². The fourth-order valence-corrected chi connectivity index (χ4v) is 2.90. The smallest absolute Gasteiger partial charge is 0.0826 e. The maximum absolute atomic E-state index is 6.01. The van der Waals surface area contributed by atoms with Crippen molar-refractivity contribution in [2.24, 2.45) is 0 Å². The molecule has 0 aliphatic carbocycles. The Hall–Kier alpha value is -1.07. The first-order valence-corrected chi connectivity index (χ1v) is 7.36. The van der Waals surface area contributed by atoms with Gasteiger partial charge in [0.1, 0.15) is 0 Å². The second-order valence-electron chi connectivity index (χ2n) is 5.40. The average molecular weight is 294 g/mol. The van der Waals surface area contributed by atoms with Gasteiger partial charge in [0.25, 0.3) is 0 Å². The van der Waals surface area contributed by atoms with Crippen molar-refractivity contribution in [3.63, 3.8) is 0 Å². The van der Waals surface area contributed by atoms with Crippen molar-refractivity contribution >= 4 is 22.5 Å². The number of H-pyrrole nitrogens is 1. The number of fused-ring (bicyclic) bond motifs is 1. The molecule has 1 aromatic heterocycles. The highest BCUT2D eigenvalue weighted by Crippen LogP contribution is 2.23. The van der Waals surface area contributed by atoms with Gasteiger partial charge in [-0.25, -0.2) is 0 Å². The number of nitrogens with zero attached hydrogens (tertiary/aromatic N) is 1. The van der Waals surface area contributed by atoms with Crippen LogP contribution in [0, 0.1) is 0 Å². The predicted molar refractivity (Wildman–Crippen MR) is 82.3 cm³/mol. The molecule has 1 atom stereocenters. The highest BCUT2D eigenvalue weighted by atomic mass is 35.5. The molecule has 0 saturated carbocycles. The van der Waals surface area contributed by atoms with Gasteiger partial charge in [-0.2, -0.15) is 0 Å². The topological polar surface area (TPSA) is 40.3 Å². The van der Waals surface area contributed by atoms with E-state index in [1.165, 1.54) is 10.9 Å². The Morgan fingerprint density at radius 1 is 1.45 bits per heavy atom. The summed E-state index contributed by atoms with van der Waals surface area (Å²) < 4.78 is 5.74. The molecule has 1 unspecified atom stereocenters. The minimum absolute atomic E-state index is 0.286. The summed E-state index contributed by atoms with van der Waals surface area (Å²) >= 11 is 6.01. The van der Waals surface area contributed by atoms with E-state index in [0.717, 1.165) is 43.3 Å². The third-order valence-corrected chi connectivity index (χ3v) is 3.92. The number of hydrogen-bond acceptors (Lipinski definition) is 3. The van der Waals surface area contributed by atoms with E-state index in [1.807, 2.05) is 12.1 Å². The van der Waals surface area contributed by atoms with Crippen LogP contribution in [0.1, 0.15) is 5.56 Å². The molecule has 1 aliphatic heterocycles. The van der Waals surface area contributed by atoms with Crippen molar-refractivity contribution < 1.29 is 4.74 Å². The quantitative estimate of drug-likeness (QED) is 0.908. The summed E-state index contributed by atoms with van der Waals surface area (Å²) in [6.45, 7) is 4.55. The Morgan fingerprint density at radius 3 is 3.15 bits per heavy atom. The SMILES string of the molecule is CN(Cc1c[nH]c2cc(Cl)ccc12)CC1CNCCO1. The third-order valence-electron chi connectivity index (χ3n) is 3.69. The van der Waals surface area contributed by atoms with E-state index < -0.39 is 0 Å². The monoisotopic (exact) mass is 293 g/mol. The Bertz CT molecular complexity index is 578. The minimum Gasteiger partial charge on any atom is -0.374 e. The fraction of sp³-hybridized carbons (Fsp3) is 0.467. The lowest BCUT2D eigenvalue weighted by atomic mass is 10.1. The van der Waals surface area contributed by atoms with Crippen LogP contribution in [0.2, 0.25) is 5.02 Å². The van der Waals surface area contributed by atoms with E-state index in [0.29, 0.717) is 0 Å². The van der Waals surface area contributed by atoms with Crippen LogP contribution in [0.5, 0.6) is 0 Å². The standard InChI is InChI=1S/C15H20ClN3O/c1-19(10-13-8-17-4-5-20-13)9-11-7-18-15-6-12(16)2-3-14(11)15/h2-3,6-7,13,17-18H,4-5,8-10H2,1H3. The average Bonchev–Trinajstić information content (AvgIpc) is 2.82. The summed E-state index contributed by atoms with van der Waals surface area (Å²) in [4.78, 5) is 5.58. The van der Waals surface area contributed by atoms with E-state index in [9.17, 15) is 0 Å². The molecule has 1 aromatic carbocycles. The fourth-order valence-electron chi connectivity index (χ4n) is 2.73. The largest absolute Gasteiger partial charge is 0.374 e. The summed E-state index contributed by atoms with van der Waals surface area (Å²) in [5.74, 6) is 0. The lowest BCUT2D eigenvalue weighted by molar-refractivity contribution is 0.00890. The molecule has 108 valence electrons. The van der Waals surface area contributed by atoms with Gasteiger partial charge in [0, 0.05) is 48.3 Å². The van der Waals surface area contributed by atoms with Gasteiger partial charge in [-0.1, -0.05) is 17.7 Å². The number of aromatic nitrogens is 1. The number of aromatic amines is 1. The maximum Gasteiger partial charge on any atom is 0.0826 e. The molecule has 1 saturated heterocycles. The van der Waals surface area contributed by atoms with E-state index in [1.54, 1.807) is 0 Å². The number of hydrogen-bond donors (Lipinski definition) is 2.